The number of H-pyrrole nitrogens is 1. The maximum absolute atomic E-state index is 11.9. The molecule has 1 saturated heterocycles. The van der Waals surface area contributed by atoms with E-state index < -0.39 is 7.12 Å². The lowest BCUT2D eigenvalue weighted by atomic mass is 9.78. The fourth-order valence-electron chi connectivity index (χ4n) is 2.54. The molecule has 1 aromatic heterocycles. The van der Waals surface area contributed by atoms with Crippen LogP contribution in [0.2, 0.25) is 0 Å². The SMILES string of the molecule is Cc1c[nH]c(=O)c2ccc(B3OC(C)(C)C(C)(C)O3)cc12. The number of rotatable bonds is 1. The van der Waals surface area contributed by atoms with Crippen molar-refractivity contribution in [1.82, 2.24) is 4.98 Å². The molecule has 21 heavy (non-hydrogen) atoms. The van der Waals surface area contributed by atoms with Crippen molar-refractivity contribution in [3.63, 3.8) is 0 Å². The molecule has 1 fully saturated rings. The lowest BCUT2D eigenvalue weighted by molar-refractivity contribution is 0.00578. The van der Waals surface area contributed by atoms with Crippen molar-refractivity contribution in [2.45, 2.75) is 45.8 Å². The van der Waals surface area contributed by atoms with Crippen LogP contribution in [0.4, 0.5) is 0 Å². The van der Waals surface area contributed by atoms with Gasteiger partial charge in [0, 0.05) is 11.6 Å². The Morgan fingerprint density at radius 2 is 1.67 bits per heavy atom. The van der Waals surface area contributed by atoms with Crippen molar-refractivity contribution in [2.24, 2.45) is 0 Å². The Balaban J connectivity index is 2.08. The van der Waals surface area contributed by atoms with Crippen LogP contribution in [0.15, 0.2) is 29.2 Å². The fourth-order valence-corrected chi connectivity index (χ4v) is 2.54. The average molecular weight is 285 g/mol. The van der Waals surface area contributed by atoms with Crippen molar-refractivity contribution >= 4 is 23.4 Å². The first-order valence-corrected chi connectivity index (χ1v) is 7.19. The summed E-state index contributed by atoms with van der Waals surface area (Å²) < 4.78 is 12.1. The van der Waals surface area contributed by atoms with Crippen LogP contribution >= 0.6 is 0 Å². The molecule has 0 atom stereocenters. The highest BCUT2D eigenvalue weighted by Crippen LogP contribution is 2.36. The predicted molar refractivity (Wildman–Crippen MR) is 85.0 cm³/mol. The van der Waals surface area contributed by atoms with Crippen LogP contribution in [-0.4, -0.2) is 23.3 Å². The molecular formula is C16H20BNO3. The van der Waals surface area contributed by atoms with Crippen LogP contribution in [0, 0.1) is 6.92 Å². The van der Waals surface area contributed by atoms with E-state index >= 15 is 0 Å². The van der Waals surface area contributed by atoms with Crippen molar-refractivity contribution < 1.29 is 9.31 Å². The fraction of sp³-hybridized carbons (Fsp3) is 0.438. The zero-order chi connectivity index (χ0) is 15.4. The number of benzene rings is 1. The summed E-state index contributed by atoms with van der Waals surface area (Å²) in [5.74, 6) is 0. The summed E-state index contributed by atoms with van der Waals surface area (Å²) in [7, 11) is -0.405. The number of aromatic amines is 1. The van der Waals surface area contributed by atoms with Gasteiger partial charge in [-0.3, -0.25) is 4.79 Å². The quantitative estimate of drug-likeness (QED) is 0.817. The molecule has 1 aliphatic heterocycles. The molecular weight excluding hydrogens is 265 g/mol. The Morgan fingerprint density at radius 3 is 2.29 bits per heavy atom. The Kier molecular flexibility index (Phi) is 3.04. The van der Waals surface area contributed by atoms with Gasteiger partial charge in [-0.05, 0) is 57.1 Å². The molecule has 0 spiro atoms. The molecule has 0 unspecified atom stereocenters. The van der Waals surface area contributed by atoms with Gasteiger partial charge >= 0.3 is 7.12 Å². The molecule has 1 N–H and O–H groups in total. The first-order chi connectivity index (χ1) is 9.71. The number of aryl methyl sites for hydroxylation is 1. The van der Waals surface area contributed by atoms with Crippen molar-refractivity contribution in [2.75, 3.05) is 0 Å². The number of pyridine rings is 1. The van der Waals surface area contributed by atoms with E-state index in [4.69, 9.17) is 9.31 Å². The number of aromatic nitrogens is 1. The second-order valence-electron chi connectivity index (χ2n) is 6.69. The third-order valence-corrected chi connectivity index (χ3v) is 4.66. The van der Waals surface area contributed by atoms with Crippen LogP contribution in [-0.2, 0) is 9.31 Å². The summed E-state index contributed by atoms with van der Waals surface area (Å²) in [6, 6.07) is 5.72. The normalized spacial score (nSPS) is 20.1. The van der Waals surface area contributed by atoms with Crippen molar-refractivity contribution in [1.29, 1.82) is 0 Å². The van der Waals surface area contributed by atoms with Crippen molar-refractivity contribution in [3.05, 3.63) is 40.3 Å². The highest BCUT2D eigenvalue weighted by atomic mass is 16.7. The first-order valence-electron chi connectivity index (χ1n) is 7.19. The number of hydrogen-bond donors (Lipinski definition) is 1. The summed E-state index contributed by atoms with van der Waals surface area (Å²) in [6.07, 6.45) is 1.73. The van der Waals surface area contributed by atoms with Crippen LogP contribution in [0.5, 0.6) is 0 Å². The van der Waals surface area contributed by atoms with Gasteiger partial charge in [0.1, 0.15) is 0 Å². The average Bonchev–Trinajstić information content (AvgIpc) is 2.63. The van der Waals surface area contributed by atoms with Crippen LogP contribution in [0.3, 0.4) is 0 Å². The minimum atomic E-state index is -0.405. The van der Waals surface area contributed by atoms with E-state index in [1.807, 2.05) is 52.8 Å². The summed E-state index contributed by atoms with van der Waals surface area (Å²) in [5, 5.41) is 1.63. The molecule has 0 saturated carbocycles. The molecule has 0 amide bonds. The molecule has 3 rings (SSSR count). The maximum atomic E-state index is 11.9. The molecule has 0 radical (unpaired) electrons. The zero-order valence-electron chi connectivity index (χ0n) is 13.1. The van der Waals surface area contributed by atoms with Gasteiger partial charge in [-0.2, -0.15) is 0 Å². The number of hydrogen-bond acceptors (Lipinski definition) is 3. The van der Waals surface area contributed by atoms with Crippen LogP contribution < -0.4 is 11.0 Å². The lowest BCUT2D eigenvalue weighted by Gasteiger charge is -2.32. The third-order valence-electron chi connectivity index (χ3n) is 4.66. The van der Waals surface area contributed by atoms with E-state index in [0.717, 1.165) is 16.4 Å². The topological polar surface area (TPSA) is 51.3 Å². The second kappa shape index (κ2) is 4.45. The molecule has 2 heterocycles. The van der Waals surface area contributed by atoms with Gasteiger partial charge in [-0.15, -0.1) is 0 Å². The maximum Gasteiger partial charge on any atom is 0.494 e. The highest BCUT2D eigenvalue weighted by molar-refractivity contribution is 6.62. The molecule has 1 aliphatic rings. The van der Waals surface area contributed by atoms with Gasteiger partial charge in [0.05, 0.1) is 11.2 Å². The third kappa shape index (κ3) is 2.21. The summed E-state index contributed by atoms with van der Waals surface area (Å²) in [6.45, 7) is 10.1. The van der Waals surface area contributed by atoms with E-state index in [9.17, 15) is 4.79 Å². The second-order valence-corrected chi connectivity index (χ2v) is 6.69. The first kappa shape index (κ1) is 14.4. The highest BCUT2D eigenvalue weighted by Gasteiger charge is 2.51. The smallest absolute Gasteiger partial charge is 0.399 e. The van der Waals surface area contributed by atoms with E-state index in [2.05, 4.69) is 4.98 Å². The van der Waals surface area contributed by atoms with E-state index in [0.29, 0.717) is 5.39 Å². The van der Waals surface area contributed by atoms with Gasteiger partial charge < -0.3 is 14.3 Å². The molecule has 4 nitrogen and oxygen atoms in total. The Bertz CT molecular complexity index is 748. The minimum Gasteiger partial charge on any atom is -0.399 e. The standard InChI is InChI=1S/C16H20BNO3/c1-10-9-18-14(19)12-7-6-11(8-13(10)12)17-20-15(2,3)16(4,5)21-17/h6-9H,1-5H3,(H,18,19). The minimum absolute atomic E-state index is 0.0731. The monoisotopic (exact) mass is 285 g/mol. The van der Waals surface area contributed by atoms with Crippen LogP contribution in [0.1, 0.15) is 33.3 Å². The Labute approximate surface area is 124 Å². The van der Waals surface area contributed by atoms with E-state index in [1.54, 1.807) is 6.20 Å². The number of nitrogens with one attached hydrogen (secondary N) is 1. The molecule has 0 bridgehead atoms. The Hall–Kier alpha value is -1.59. The zero-order valence-corrected chi connectivity index (χ0v) is 13.1. The van der Waals surface area contributed by atoms with E-state index in [-0.39, 0.29) is 16.8 Å². The molecule has 5 heteroatoms. The van der Waals surface area contributed by atoms with Crippen LogP contribution in [0.25, 0.3) is 10.8 Å². The Morgan fingerprint density at radius 1 is 1.05 bits per heavy atom. The summed E-state index contributed by atoms with van der Waals surface area (Å²) >= 11 is 0. The molecule has 1 aromatic carbocycles. The predicted octanol–water partition coefficient (Wildman–Crippen LogP) is 2.14. The van der Waals surface area contributed by atoms with Gasteiger partial charge in [-0.1, -0.05) is 12.1 Å². The number of fused-ring (bicyclic) bond motifs is 1. The lowest BCUT2D eigenvalue weighted by Crippen LogP contribution is -2.41. The van der Waals surface area contributed by atoms with Gasteiger partial charge in [0.15, 0.2) is 0 Å². The summed E-state index contributed by atoms with van der Waals surface area (Å²) in [4.78, 5) is 14.6. The van der Waals surface area contributed by atoms with E-state index in [1.165, 1.54) is 0 Å². The van der Waals surface area contributed by atoms with Gasteiger partial charge in [-0.25, -0.2) is 0 Å². The summed E-state index contributed by atoms with van der Waals surface area (Å²) in [5.41, 5.74) is 1.17. The van der Waals surface area contributed by atoms with Gasteiger partial charge in [0.25, 0.3) is 5.56 Å². The largest absolute Gasteiger partial charge is 0.494 e. The molecule has 2 aromatic rings. The molecule has 110 valence electrons. The van der Waals surface area contributed by atoms with Crippen molar-refractivity contribution in [3.8, 4) is 0 Å². The van der Waals surface area contributed by atoms with Gasteiger partial charge in [0.2, 0.25) is 0 Å². The molecule has 0 aliphatic carbocycles.